The lowest BCUT2D eigenvalue weighted by molar-refractivity contribution is -0.141. The van der Waals surface area contributed by atoms with Crippen molar-refractivity contribution in [3.63, 3.8) is 0 Å². The van der Waals surface area contributed by atoms with Gasteiger partial charge in [-0.1, -0.05) is 6.07 Å². The first-order chi connectivity index (χ1) is 10.8. The van der Waals surface area contributed by atoms with Crippen molar-refractivity contribution >= 4 is 22.3 Å². The number of pyridine rings is 1. The van der Waals surface area contributed by atoms with E-state index in [4.69, 9.17) is 0 Å². The highest BCUT2D eigenvalue weighted by Crippen LogP contribution is 2.30. The Morgan fingerprint density at radius 3 is 2.22 bits per heavy atom. The van der Waals surface area contributed by atoms with E-state index in [-0.39, 0.29) is 0 Å². The van der Waals surface area contributed by atoms with Gasteiger partial charge in [-0.3, -0.25) is 0 Å². The zero-order valence-corrected chi connectivity index (χ0v) is 13.7. The molecular weight excluding hydrogens is 325 g/mol. The molecule has 1 aliphatic rings. The maximum Gasteiger partial charge on any atom is 0.433 e. The number of halogens is 3. The highest BCUT2D eigenvalue weighted by Gasteiger charge is 2.33. The van der Waals surface area contributed by atoms with Crippen LogP contribution in [0.4, 0.5) is 24.1 Å². The van der Waals surface area contributed by atoms with Crippen LogP contribution in [0.3, 0.4) is 0 Å². The summed E-state index contributed by atoms with van der Waals surface area (Å²) in [5.41, 5.74) is 0.190. The van der Waals surface area contributed by atoms with Gasteiger partial charge in [0.1, 0.15) is 11.5 Å². The van der Waals surface area contributed by atoms with Gasteiger partial charge in [-0.2, -0.15) is 13.2 Å². The smallest absolute Gasteiger partial charge is 0.353 e. The molecule has 0 aliphatic carbocycles. The van der Waals surface area contributed by atoms with E-state index in [9.17, 15) is 13.2 Å². The largest absolute Gasteiger partial charge is 0.433 e. The molecule has 0 amide bonds. The van der Waals surface area contributed by atoms with Gasteiger partial charge in [0.25, 0.3) is 0 Å². The molecule has 2 aromatic heterocycles. The summed E-state index contributed by atoms with van der Waals surface area (Å²) in [6.07, 6.45) is -4.41. The van der Waals surface area contributed by atoms with Crippen LogP contribution in [0.15, 0.2) is 18.2 Å². The van der Waals surface area contributed by atoms with Crippen LogP contribution in [0, 0.1) is 13.8 Å². The Kier molecular flexibility index (Phi) is 4.18. The summed E-state index contributed by atoms with van der Waals surface area (Å²) < 4.78 is 38.3. The minimum atomic E-state index is -4.41. The minimum absolute atomic E-state index is 0.381. The fourth-order valence-electron chi connectivity index (χ4n) is 2.48. The Hall–Kier alpha value is -1.83. The Morgan fingerprint density at radius 2 is 1.65 bits per heavy atom. The van der Waals surface area contributed by atoms with E-state index in [1.807, 2.05) is 18.7 Å². The third-order valence-electron chi connectivity index (χ3n) is 3.92. The van der Waals surface area contributed by atoms with Gasteiger partial charge in [-0.15, -0.1) is 11.3 Å². The molecule has 1 saturated heterocycles. The number of aryl methyl sites for hydroxylation is 2. The van der Waals surface area contributed by atoms with Crippen molar-refractivity contribution in [2.75, 3.05) is 36.0 Å². The predicted octanol–water partition coefficient (Wildman–Crippen LogP) is 3.50. The van der Waals surface area contributed by atoms with E-state index in [0.717, 1.165) is 30.0 Å². The van der Waals surface area contributed by atoms with Gasteiger partial charge in [0, 0.05) is 31.1 Å². The minimum Gasteiger partial charge on any atom is -0.353 e. The van der Waals surface area contributed by atoms with Crippen molar-refractivity contribution < 1.29 is 13.2 Å². The molecule has 0 bridgehead atoms. The molecular formula is C15H17F3N4S. The molecule has 3 heterocycles. The SMILES string of the molecule is Cc1nc(N2CCN(c3cccc(C(F)(F)F)n3)CC2)sc1C. The topological polar surface area (TPSA) is 32.3 Å². The maximum absolute atomic E-state index is 12.8. The van der Waals surface area contributed by atoms with E-state index < -0.39 is 11.9 Å². The van der Waals surface area contributed by atoms with Crippen molar-refractivity contribution in [1.82, 2.24) is 9.97 Å². The zero-order valence-electron chi connectivity index (χ0n) is 12.9. The molecule has 4 nitrogen and oxygen atoms in total. The first kappa shape index (κ1) is 16.0. The first-order valence-electron chi connectivity index (χ1n) is 7.33. The van der Waals surface area contributed by atoms with E-state index in [0.29, 0.717) is 18.9 Å². The van der Waals surface area contributed by atoms with Gasteiger partial charge in [-0.25, -0.2) is 9.97 Å². The molecule has 2 aromatic rings. The summed E-state index contributed by atoms with van der Waals surface area (Å²) in [4.78, 5) is 13.6. The molecule has 0 unspecified atom stereocenters. The standard InChI is InChI=1S/C15H17F3N4S/c1-10-11(2)23-14(19-10)22-8-6-21(7-9-22)13-5-3-4-12(20-13)15(16,17)18/h3-5H,6-9H2,1-2H3. The van der Waals surface area contributed by atoms with Crippen molar-refractivity contribution in [2.45, 2.75) is 20.0 Å². The summed E-state index contributed by atoms with van der Waals surface area (Å²) in [7, 11) is 0. The highest BCUT2D eigenvalue weighted by atomic mass is 32.1. The van der Waals surface area contributed by atoms with E-state index in [1.54, 1.807) is 17.4 Å². The van der Waals surface area contributed by atoms with Crippen molar-refractivity contribution in [2.24, 2.45) is 0 Å². The molecule has 1 aliphatic heterocycles. The number of thiazole rings is 1. The number of rotatable bonds is 2. The quantitative estimate of drug-likeness (QED) is 0.836. The zero-order chi connectivity index (χ0) is 16.6. The van der Waals surface area contributed by atoms with Gasteiger partial charge >= 0.3 is 6.18 Å². The second-order valence-corrected chi connectivity index (χ2v) is 6.67. The van der Waals surface area contributed by atoms with E-state index in [2.05, 4.69) is 14.9 Å². The summed E-state index contributed by atoms with van der Waals surface area (Å²) in [5.74, 6) is 0.381. The molecule has 0 radical (unpaired) electrons. The molecule has 124 valence electrons. The Labute approximate surface area is 136 Å². The fourth-order valence-corrected chi connectivity index (χ4v) is 3.44. The van der Waals surface area contributed by atoms with Gasteiger partial charge in [0.2, 0.25) is 0 Å². The van der Waals surface area contributed by atoms with Gasteiger partial charge in [0.05, 0.1) is 5.69 Å². The van der Waals surface area contributed by atoms with Crippen molar-refractivity contribution in [1.29, 1.82) is 0 Å². The van der Waals surface area contributed by atoms with Crippen LogP contribution in [0.1, 0.15) is 16.3 Å². The number of anilines is 2. The number of piperazine rings is 1. The lowest BCUT2D eigenvalue weighted by atomic mass is 10.3. The Balaban J connectivity index is 1.69. The van der Waals surface area contributed by atoms with Crippen LogP contribution in [-0.4, -0.2) is 36.1 Å². The average molecular weight is 342 g/mol. The van der Waals surface area contributed by atoms with Gasteiger partial charge in [-0.05, 0) is 26.0 Å². The Bertz CT molecular complexity index is 671. The molecule has 0 saturated carbocycles. The van der Waals surface area contributed by atoms with E-state index in [1.165, 1.54) is 10.9 Å². The second kappa shape index (κ2) is 5.99. The van der Waals surface area contributed by atoms with Crippen LogP contribution in [0.2, 0.25) is 0 Å². The van der Waals surface area contributed by atoms with Crippen molar-refractivity contribution in [3.05, 3.63) is 34.5 Å². The summed E-state index contributed by atoms with van der Waals surface area (Å²) in [5, 5.41) is 0.983. The van der Waals surface area contributed by atoms with E-state index >= 15 is 0 Å². The second-order valence-electron chi connectivity index (χ2n) is 5.49. The van der Waals surface area contributed by atoms with Gasteiger partial charge < -0.3 is 9.80 Å². The number of alkyl halides is 3. The van der Waals surface area contributed by atoms with Gasteiger partial charge in [0.15, 0.2) is 5.13 Å². The van der Waals surface area contributed by atoms with Crippen LogP contribution in [-0.2, 0) is 6.18 Å². The molecule has 3 rings (SSSR count). The van der Waals surface area contributed by atoms with Crippen LogP contribution < -0.4 is 9.80 Å². The highest BCUT2D eigenvalue weighted by molar-refractivity contribution is 7.15. The molecule has 23 heavy (non-hydrogen) atoms. The van der Waals surface area contributed by atoms with Crippen LogP contribution in [0.25, 0.3) is 0 Å². The third kappa shape index (κ3) is 3.41. The molecule has 8 heteroatoms. The lowest BCUT2D eigenvalue weighted by Gasteiger charge is -2.35. The fraction of sp³-hybridized carbons (Fsp3) is 0.467. The molecule has 0 atom stereocenters. The maximum atomic E-state index is 12.8. The lowest BCUT2D eigenvalue weighted by Crippen LogP contribution is -2.46. The number of hydrogen-bond acceptors (Lipinski definition) is 5. The molecule has 1 fully saturated rings. The molecule has 0 aromatic carbocycles. The predicted molar refractivity (Wildman–Crippen MR) is 85.3 cm³/mol. The first-order valence-corrected chi connectivity index (χ1v) is 8.14. The van der Waals surface area contributed by atoms with Crippen molar-refractivity contribution in [3.8, 4) is 0 Å². The normalized spacial score (nSPS) is 16.0. The number of hydrogen-bond donors (Lipinski definition) is 0. The number of nitrogens with zero attached hydrogens (tertiary/aromatic N) is 4. The summed E-state index contributed by atoms with van der Waals surface area (Å²) in [6.45, 7) is 6.74. The average Bonchev–Trinajstić information content (AvgIpc) is 2.86. The van der Waals surface area contributed by atoms with Crippen LogP contribution in [0.5, 0.6) is 0 Å². The Morgan fingerprint density at radius 1 is 1.00 bits per heavy atom. The monoisotopic (exact) mass is 342 g/mol. The molecule has 0 spiro atoms. The number of aromatic nitrogens is 2. The summed E-state index contributed by atoms with van der Waals surface area (Å²) in [6, 6.07) is 4.04. The third-order valence-corrected chi connectivity index (χ3v) is 5.05. The van der Waals surface area contributed by atoms with Crippen LogP contribution >= 0.6 is 11.3 Å². The summed E-state index contributed by atoms with van der Waals surface area (Å²) >= 11 is 1.66. The molecule has 0 N–H and O–H groups in total.